The van der Waals surface area contributed by atoms with Gasteiger partial charge in [-0.2, -0.15) is 0 Å². The summed E-state index contributed by atoms with van der Waals surface area (Å²) in [6.07, 6.45) is 0.802. The lowest BCUT2D eigenvalue weighted by Crippen LogP contribution is -2.42. The van der Waals surface area contributed by atoms with Gasteiger partial charge in [0.1, 0.15) is 0 Å². The molecule has 1 aromatic carbocycles. The summed E-state index contributed by atoms with van der Waals surface area (Å²) in [7, 11) is 0. The highest BCUT2D eigenvalue weighted by Gasteiger charge is 2.35. The number of carbonyl (C=O) groups excluding carboxylic acids is 1. The summed E-state index contributed by atoms with van der Waals surface area (Å²) in [5.74, 6) is -1.39. The molecule has 0 saturated carbocycles. The van der Waals surface area contributed by atoms with Crippen LogP contribution in [0.1, 0.15) is 42.6 Å². The molecule has 0 fully saturated rings. The molecule has 0 aliphatic carbocycles. The Labute approximate surface area is 128 Å². The second-order valence-electron chi connectivity index (χ2n) is 5.23. The van der Waals surface area contributed by atoms with Gasteiger partial charge in [-0.3, -0.25) is 19.7 Å². The molecule has 0 radical (unpaired) electrons. The van der Waals surface area contributed by atoms with Crippen LogP contribution in [0.15, 0.2) is 18.2 Å². The zero-order valence-electron chi connectivity index (χ0n) is 12.9. The van der Waals surface area contributed by atoms with Gasteiger partial charge in [-0.05, 0) is 31.9 Å². The Morgan fingerprint density at radius 3 is 2.32 bits per heavy atom. The van der Waals surface area contributed by atoms with Crippen LogP contribution in [-0.2, 0) is 4.79 Å². The summed E-state index contributed by atoms with van der Waals surface area (Å²) in [5.41, 5.74) is -0.396. The minimum absolute atomic E-state index is 0.0181. The average Bonchev–Trinajstić information content (AvgIpc) is 2.47. The van der Waals surface area contributed by atoms with Crippen molar-refractivity contribution in [2.75, 3.05) is 6.54 Å². The van der Waals surface area contributed by atoms with E-state index in [1.165, 1.54) is 18.2 Å². The fourth-order valence-electron chi connectivity index (χ4n) is 2.23. The van der Waals surface area contributed by atoms with Gasteiger partial charge >= 0.3 is 5.97 Å². The molecule has 0 bridgehead atoms. The number of carbonyl (C=O) groups is 2. The molecule has 0 atom stereocenters. The maximum atomic E-state index is 12.1. The molecule has 0 aliphatic rings. The van der Waals surface area contributed by atoms with Crippen molar-refractivity contribution in [3.63, 3.8) is 0 Å². The molecule has 120 valence electrons. The third kappa shape index (κ3) is 3.60. The zero-order chi connectivity index (χ0) is 16.9. The van der Waals surface area contributed by atoms with Crippen LogP contribution in [0, 0.1) is 22.5 Å². The normalized spacial score (nSPS) is 11.0. The molecule has 1 amide bonds. The highest BCUT2D eigenvalue weighted by molar-refractivity contribution is 5.95. The second kappa shape index (κ2) is 7.02. The molecule has 7 heteroatoms. The SMILES string of the molecule is CCC(CC)(CNC(=O)c1ccc([N+](=O)[O-])c(C)c1)C(=O)O. The molecular formula is C15H20N2O5. The average molecular weight is 308 g/mol. The standard InChI is InChI=1S/C15H20N2O5/c1-4-15(5-2,14(19)20)9-16-13(18)11-6-7-12(17(21)22)10(3)8-11/h6-8H,4-5,9H2,1-3H3,(H,16,18)(H,19,20). The monoisotopic (exact) mass is 308 g/mol. The van der Waals surface area contributed by atoms with Crippen LogP contribution in [0.5, 0.6) is 0 Å². The molecule has 2 N–H and O–H groups in total. The molecule has 1 aromatic rings. The van der Waals surface area contributed by atoms with E-state index in [1.54, 1.807) is 20.8 Å². The second-order valence-corrected chi connectivity index (χ2v) is 5.23. The van der Waals surface area contributed by atoms with Crippen LogP contribution in [0.3, 0.4) is 0 Å². The number of nitrogens with zero attached hydrogens (tertiary/aromatic N) is 1. The van der Waals surface area contributed by atoms with Crippen LogP contribution in [-0.4, -0.2) is 28.5 Å². The molecule has 0 aromatic heterocycles. The van der Waals surface area contributed by atoms with Crippen molar-refractivity contribution in [2.45, 2.75) is 33.6 Å². The molecule has 0 heterocycles. The minimum atomic E-state index is -0.995. The predicted octanol–water partition coefficient (Wildman–Crippen LogP) is 2.52. The number of carboxylic acid groups (broad SMARTS) is 1. The van der Waals surface area contributed by atoms with Crippen LogP contribution >= 0.6 is 0 Å². The number of carboxylic acids is 1. The summed E-state index contributed by atoms with van der Waals surface area (Å²) in [4.78, 5) is 33.7. The van der Waals surface area contributed by atoms with Gasteiger partial charge in [-0.1, -0.05) is 13.8 Å². The van der Waals surface area contributed by atoms with E-state index in [2.05, 4.69) is 5.32 Å². The lowest BCUT2D eigenvalue weighted by atomic mass is 9.82. The van der Waals surface area contributed by atoms with Crippen molar-refractivity contribution in [3.8, 4) is 0 Å². The van der Waals surface area contributed by atoms with Crippen molar-refractivity contribution < 1.29 is 19.6 Å². The Morgan fingerprint density at radius 2 is 1.91 bits per heavy atom. The number of nitro groups is 1. The van der Waals surface area contributed by atoms with Gasteiger partial charge in [-0.25, -0.2) is 0 Å². The molecular weight excluding hydrogens is 288 g/mol. The smallest absolute Gasteiger partial charge is 0.311 e. The van der Waals surface area contributed by atoms with Gasteiger partial charge in [0.2, 0.25) is 0 Å². The first-order valence-electron chi connectivity index (χ1n) is 7.04. The first-order valence-corrected chi connectivity index (χ1v) is 7.04. The highest BCUT2D eigenvalue weighted by atomic mass is 16.6. The number of aliphatic carboxylic acids is 1. The van der Waals surface area contributed by atoms with Crippen molar-refractivity contribution in [1.29, 1.82) is 0 Å². The Bertz CT molecular complexity index is 594. The van der Waals surface area contributed by atoms with E-state index in [0.29, 0.717) is 18.4 Å². The highest BCUT2D eigenvalue weighted by Crippen LogP contribution is 2.26. The number of rotatable bonds is 7. The molecule has 1 rings (SSSR count). The Balaban J connectivity index is 2.88. The maximum Gasteiger partial charge on any atom is 0.311 e. The van der Waals surface area contributed by atoms with Crippen LogP contribution < -0.4 is 5.32 Å². The molecule has 0 unspecified atom stereocenters. The topological polar surface area (TPSA) is 110 Å². The summed E-state index contributed by atoms with van der Waals surface area (Å²) in [6, 6.07) is 4.06. The first kappa shape index (κ1) is 17.6. The predicted molar refractivity (Wildman–Crippen MR) is 80.8 cm³/mol. The van der Waals surface area contributed by atoms with Crippen molar-refractivity contribution in [2.24, 2.45) is 5.41 Å². The largest absolute Gasteiger partial charge is 0.481 e. The fraction of sp³-hybridized carbons (Fsp3) is 0.467. The van der Waals surface area contributed by atoms with Crippen molar-refractivity contribution in [3.05, 3.63) is 39.4 Å². The van der Waals surface area contributed by atoms with E-state index in [4.69, 9.17) is 0 Å². The number of amides is 1. The van der Waals surface area contributed by atoms with Crippen LogP contribution in [0.2, 0.25) is 0 Å². The van der Waals surface area contributed by atoms with E-state index in [1.807, 2.05) is 0 Å². The third-order valence-corrected chi connectivity index (χ3v) is 4.05. The Morgan fingerprint density at radius 1 is 1.32 bits per heavy atom. The van der Waals surface area contributed by atoms with Crippen LogP contribution in [0.4, 0.5) is 5.69 Å². The van der Waals surface area contributed by atoms with E-state index in [0.717, 1.165) is 0 Å². The number of aryl methyl sites for hydroxylation is 1. The maximum absolute atomic E-state index is 12.1. The Kier molecular flexibility index (Phi) is 5.62. The number of hydrogen-bond donors (Lipinski definition) is 2. The molecule has 7 nitrogen and oxygen atoms in total. The minimum Gasteiger partial charge on any atom is -0.481 e. The summed E-state index contributed by atoms with van der Waals surface area (Å²) >= 11 is 0. The van der Waals surface area contributed by atoms with E-state index >= 15 is 0 Å². The van der Waals surface area contributed by atoms with Gasteiger partial charge in [0.25, 0.3) is 11.6 Å². The molecule has 0 spiro atoms. The van der Waals surface area contributed by atoms with Gasteiger partial charge < -0.3 is 10.4 Å². The van der Waals surface area contributed by atoms with Gasteiger partial charge in [0.05, 0.1) is 10.3 Å². The van der Waals surface area contributed by atoms with Gasteiger partial charge in [0, 0.05) is 23.7 Å². The quantitative estimate of drug-likeness (QED) is 0.594. The summed E-state index contributed by atoms with van der Waals surface area (Å²) in [5, 5.41) is 22.7. The Hall–Kier alpha value is -2.44. The first-order chi connectivity index (χ1) is 10.3. The van der Waals surface area contributed by atoms with E-state index < -0.39 is 22.2 Å². The van der Waals surface area contributed by atoms with Gasteiger partial charge in [0.15, 0.2) is 0 Å². The van der Waals surface area contributed by atoms with Crippen molar-refractivity contribution in [1.82, 2.24) is 5.32 Å². The van der Waals surface area contributed by atoms with E-state index in [9.17, 15) is 24.8 Å². The molecule has 0 aliphatic heterocycles. The van der Waals surface area contributed by atoms with Gasteiger partial charge in [-0.15, -0.1) is 0 Å². The number of nitro benzene ring substituents is 1. The lowest BCUT2D eigenvalue weighted by Gasteiger charge is -2.26. The molecule has 22 heavy (non-hydrogen) atoms. The van der Waals surface area contributed by atoms with Crippen molar-refractivity contribution >= 4 is 17.6 Å². The van der Waals surface area contributed by atoms with Crippen LogP contribution in [0.25, 0.3) is 0 Å². The fourth-order valence-corrected chi connectivity index (χ4v) is 2.23. The number of hydrogen-bond acceptors (Lipinski definition) is 4. The van der Waals surface area contributed by atoms with E-state index in [-0.39, 0.29) is 17.8 Å². The summed E-state index contributed by atoms with van der Waals surface area (Å²) in [6.45, 7) is 5.10. The zero-order valence-corrected chi connectivity index (χ0v) is 12.9. The number of benzene rings is 1. The molecule has 0 saturated heterocycles. The summed E-state index contributed by atoms with van der Waals surface area (Å²) < 4.78 is 0. The lowest BCUT2D eigenvalue weighted by molar-refractivity contribution is -0.385. The third-order valence-electron chi connectivity index (χ3n) is 4.05. The number of nitrogens with one attached hydrogen (secondary N) is 1.